The van der Waals surface area contributed by atoms with Crippen LogP contribution in [0.4, 0.5) is 11.5 Å². The SMILES string of the molecule is Cc1nc(CCNc2ncc(C#N)cc2N)no1. The summed E-state index contributed by atoms with van der Waals surface area (Å²) in [7, 11) is 0. The average molecular weight is 244 g/mol. The normalized spacial score (nSPS) is 10.0. The lowest BCUT2D eigenvalue weighted by Crippen LogP contribution is -2.09. The van der Waals surface area contributed by atoms with E-state index in [1.807, 2.05) is 6.07 Å². The molecule has 0 bridgehead atoms. The maximum Gasteiger partial charge on any atom is 0.223 e. The highest BCUT2D eigenvalue weighted by Gasteiger charge is 2.04. The fourth-order valence-corrected chi connectivity index (χ4v) is 1.43. The van der Waals surface area contributed by atoms with Gasteiger partial charge in [-0.05, 0) is 6.07 Å². The number of aryl methyl sites for hydroxylation is 1. The third-order valence-corrected chi connectivity index (χ3v) is 2.26. The summed E-state index contributed by atoms with van der Waals surface area (Å²) in [5.41, 5.74) is 6.63. The fraction of sp³-hybridized carbons (Fsp3) is 0.273. The highest BCUT2D eigenvalue weighted by molar-refractivity contribution is 5.62. The summed E-state index contributed by atoms with van der Waals surface area (Å²) < 4.78 is 4.86. The first-order valence-electron chi connectivity index (χ1n) is 5.37. The third kappa shape index (κ3) is 2.74. The number of anilines is 2. The molecule has 18 heavy (non-hydrogen) atoms. The summed E-state index contributed by atoms with van der Waals surface area (Å²) in [6.07, 6.45) is 2.08. The molecule has 2 aromatic heterocycles. The second-order valence-electron chi connectivity index (χ2n) is 3.68. The van der Waals surface area contributed by atoms with Gasteiger partial charge in [0, 0.05) is 26.1 Å². The number of nitrogens with zero attached hydrogens (tertiary/aromatic N) is 4. The van der Waals surface area contributed by atoms with E-state index in [0.717, 1.165) is 0 Å². The number of aromatic nitrogens is 3. The van der Waals surface area contributed by atoms with Crippen molar-refractivity contribution >= 4 is 11.5 Å². The Balaban J connectivity index is 1.92. The van der Waals surface area contributed by atoms with Crippen LogP contribution in [0.1, 0.15) is 17.3 Å². The largest absolute Gasteiger partial charge is 0.396 e. The molecule has 2 heterocycles. The van der Waals surface area contributed by atoms with Crippen molar-refractivity contribution in [3.63, 3.8) is 0 Å². The minimum atomic E-state index is 0.437. The summed E-state index contributed by atoms with van der Waals surface area (Å²) in [6.45, 7) is 2.33. The number of hydrogen-bond acceptors (Lipinski definition) is 7. The Hall–Kier alpha value is -2.62. The van der Waals surface area contributed by atoms with Crippen LogP contribution >= 0.6 is 0 Å². The van der Waals surface area contributed by atoms with Crippen LogP contribution in [0.25, 0.3) is 0 Å². The molecule has 2 rings (SSSR count). The third-order valence-electron chi connectivity index (χ3n) is 2.26. The maximum atomic E-state index is 8.69. The fourth-order valence-electron chi connectivity index (χ4n) is 1.43. The van der Waals surface area contributed by atoms with Crippen molar-refractivity contribution in [1.82, 2.24) is 15.1 Å². The van der Waals surface area contributed by atoms with Gasteiger partial charge >= 0.3 is 0 Å². The van der Waals surface area contributed by atoms with Crippen molar-refractivity contribution < 1.29 is 4.52 Å². The molecule has 7 nitrogen and oxygen atoms in total. The summed E-state index contributed by atoms with van der Waals surface area (Å²) in [6, 6.07) is 3.55. The second kappa shape index (κ2) is 5.14. The van der Waals surface area contributed by atoms with Crippen LogP contribution in [-0.2, 0) is 6.42 Å². The zero-order valence-corrected chi connectivity index (χ0v) is 9.84. The Kier molecular flexibility index (Phi) is 3.38. The van der Waals surface area contributed by atoms with E-state index >= 15 is 0 Å². The van der Waals surface area contributed by atoms with E-state index in [1.165, 1.54) is 6.20 Å². The molecule has 92 valence electrons. The number of hydrogen-bond donors (Lipinski definition) is 2. The van der Waals surface area contributed by atoms with Crippen LogP contribution in [0, 0.1) is 18.3 Å². The average Bonchev–Trinajstić information content (AvgIpc) is 2.77. The summed E-state index contributed by atoms with van der Waals surface area (Å²) in [5, 5.41) is 15.5. The molecule has 0 amide bonds. The van der Waals surface area contributed by atoms with E-state index in [-0.39, 0.29) is 0 Å². The lowest BCUT2D eigenvalue weighted by Gasteiger charge is -2.06. The number of nitrogens with two attached hydrogens (primary N) is 1. The molecular weight excluding hydrogens is 232 g/mol. The van der Waals surface area contributed by atoms with Crippen LogP contribution in [-0.4, -0.2) is 21.7 Å². The Morgan fingerprint density at radius 1 is 1.56 bits per heavy atom. The predicted octanol–water partition coefficient (Wildman–Crippen LogP) is 0.881. The molecular formula is C11H12N6O. The van der Waals surface area contributed by atoms with Gasteiger partial charge in [-0.25, -0.2) is 4.98 Å². The van der Waals surface area contributed by atoms with Gasteiger partial charge in [0.2, 0.25) is 5.89 Å². The molecule has 3 N–H and O–H groups in total. The molecule has 0 saturated carbocycles. The molecule has 0 spiro atoms. The Labute approximate surface area is 104 Å². The number of nitrogens with one attached hydrogen (secondary N) is 1. The quantitative estimate of drug-likeness (QED) is 0.820. The predicted molar refractivity (Wildman–Crippen MR) is 64.6 cm³/mol. The van der Waals surface area contributed by atoms with Crippen molar-refractivity contribution in [2.24, 2.45) is 0 Å². The number of nitriles is 1. The van der Waals surface area contributed by atoms with E-state index in [4.69, 9.17) is 15.5 Å². The topological polar surface area (TPSA) is 114 Å². The van der Waals surface area contributed by atoms with Crippen molar-refractivity contribution in [3.8, 4) is 6.07 Å². The first kappa shape index (κ1) is 11.9. The Morgan fingerprint density at radius 3 is 3.00 bits per heavy atom. The van der Waals surface area contributed by atoms with Crippen LogP contribution < -0.4 is 11.1 Å². The Morgan fingerprint density at radius 2 is 2.39 bits per heavy atom. The summed E-state index contributed by atoms with van der Waals surface area (Å²) in [4.78, 5) is 8.14. The molecule has 0 unspecified atom stereocenters. The van der Waals surface area contributed by atoms with Gasteiger partial charge < -0.3 is 15.6 Å². The van der Waals surface area contributed by atoms with Crippen LogP contribution in [0.5, 0.6) is 0 Å². The maximum absolute atomic E-state index is 8.69. The van der Waals surface area contributed by atoms with Gasteiger partial charge in [-0.2, -0.15) is 10.2 Å². The molecule has 2 aromatic rings. The minimum absolute atomic E-state index is 0.437. The lowest BCUT2D eigenvalue weighted by atomic mass is 10.3. The van der Waals surface area contributed by atoms with Gasteiger partial charge in [0.1, 0.15) is 11.9 Å². The van der Waals surface area contributed by atoms with E-state index in [1.54, 1.807) is 13.0 Å². The van der Waals surface area contributed by atoms with Crippen LogP contribution in [0.2, 0.25) is 0 Å². The van der Waals surface area contributed by atoms with E-state index < -0.39 is 0 Å². The first-order chi connectivity index (χ1) is 8.69. The van der Waals surface area contributed by atoms with Gasteiger partial charge in [-0.15, -0.1) is 0 Å². The molecule has 0 fully saturated rings. The molecule has 0 aliphatic carbocycles. The van der Waals surface area contributed by atoms with Crippen molar-refractivity contribution in [3.05, 3.63) is 29.5 Å². The van der Waals surface area contributed by atoms with Crippen LogP contribution in [0.15, 0.2) is 16.8 Å². The number of nitrogen functional groups attached to an aromatic ring is 1. The van der Waals surface area contributed by atoms with Gasteiger partial charge in [0.15, 0.2) is 5.82 Å². The summed E-state index contributed by atoms with van der Waals surface area (Å²) in [5.74, 6) is 1.72. The molecule has 0 saturated heterocycles. The molecule has 0 radical (unpaired) electrons. The van der Waals surface area contributed by atoms with Gasteiger partial charge in [0.25, 0.3) is 0 Å². The zero-order chi connectivity index (χ0) is 13.0. The van der Waals surface area contributed by atoms with E-state index in [9.17, 15) is 0 Å². The monoisotopic (exact) mass is 244 g/mol. The minimum Gasteiger partial charge on any atom is -0.396 e. The number of pyridine rings is 1. The molecule has 0 aliphatic rings. The van der Waals surface area contributed by atoms with Crippen molar-refractivity contribution in [2.45, 2.75) is 13.3 Å². The van der Waals surface area contributed by atoms with Crippen LogP contribution in [0.3, 0.4) is 0 Å². The molecule has 7 heteroatoms. The zero-order valence-electron chi connectivity index (χ0n) is 9.84. The van der Waals surface area contributed by atoms with Crippen molar-refractivity contribution in [2.75, 3.05) is 17.6 Å². The molecule has 0 aromatic carbocycles. The lowest BCUT2D eigenvalue weighted by molar-refractivity contribution is 0.387. The Bertz CT molecular complexity index is 585. The van der Waals surface area contributed by atoms with E-state index in [2.05, 4.69) is 20.4 Å². The second-order valence-corrected chi connectivity index (χ2v) is 3.68. The van der Waals surface area contributed by atoms with Gasteiger partial charge in [-0.1, -0.05) is 5.16 Å². The highest BCUT2D eigenvalue weighted by Crippen LogP contribution is 2.15. The first-order valence-corrected chi connectivity index (χ1v) is 5.37. The smallest absolute Gasteiger partial charge is 0.223 e. The van der Waals surface area contributed by atoms with Crippen molar-refractivity contribution in [1.29, 1.82) is 5.26 Å². The van der Waals surface area contributed by atoms with Gasteiger partial charge in [0.05, 0.1) is 11.3 Å². The summed E-state index contributed by atoms with van der Waals surface area (Å²) >= 11 is 0. The molecule has 0 atom stereocenters. The molecule has 0 aliphatic heterocycles. The standard InChI is InChI=1S/C11H12N6O/c1-7-16-10(17-18-7)2-3-14-11-9(13)4-8(5-12)6-15-11/h4,6H,2-3,13H2,1H3,(H,14,15). The highest BCUT2D eigenvalue weighted by atomic mass is 16.5. The van der Waals surface area contributed by atoms with Gasteiger partial charge in [-0.3, -0.25) is 0 Å². The van der Waals surface area contributed by atoms with E-state index in [0.29, 0.717) is 41.7 Å². The number of rotatable bonds is 4.